The zero-order valence-corrected chi connectivity index (χ0v) is 9.94. The fourth-order valence-electron chi connectivity index (χ4n) is 1.76. The smallest absolute Gasteiger partial charge is 0.151 e. The number of nitrogens with zero attached hydrogens (tertiary/aromatic N) is 3. The first-order chi connectivity index (χ1) is 7.70. The fraction of sp³-hybridized carbons (Fsp3) is 0.455. The van der Waals surface area contributed by atoms with Crippen LogP contribution in [0, 0.1) is 0 Å². The predicted octanol–water partition coefficient (Wildman–Crippen LogP) is 1.30. The molecule has 0 radical (unpaired) electrons. The Labute approximate surface area is 99.8 Å². The first-order valence-corrected chi connectivity index (χ1v) is 5.62. The number of carbonyl (C=O) groups is 1. The Morgan fingerprint density at radius 2 is 2.06 bits per heavy atom. The average Bonchev–Trinajstić information content (AvgIpc) is 2.30. The van der Waals surface area contributed by atoms with Crippen molar-refractivity contribution in [2.75, 3.05) is 38.1 Å². The number of pyridine rings is 1. The van der Waals surface area contributed by atoms with Crippen LogP contribution in [-0.4, -0.2) is 49.4 Å². The van der Waals surface area contributed by atoms with Crippen molar-refractivity contribution in [2.24, 2.45) is 0 Å². The second-order valence-corrected chi connectivity index (χ2v) is 4.39. The quantitative estimate of drug-likeness (QED) is 0.729. The lowest BCUT2D eigenvalue weighted by atomic mass is 10.3. The second-order valence-electron chi connectivity index (χ2n) is 3.98. The summed E-state index contributed by atoms with van der Waals surface area (Å²) in [6.07, 6.45) is 2.32. The Bertz CT molecular complexity index is 389. The lowest BCUT2D eigenvalue weighted by Gasteiger charge is -2.33. The first kappa shape index (κ1) is 11.4. The van der Waals surface area contributed by atoms with Crippen LogP contribution in [0.5, 0.6) is 0 Å². The van der Waals surface area contributed by atoms with Crippen molar-refractivity contribution in [1.82, 2.24) is 9.88 Å². The molecule has 5 heteroatoms. The number of hydrogen-bond donors (Lipinski definition) is 0. The van der Waals surface area contributed by atoms with Gasteiger partial charge in [-0.1, -0.05) is 11.6 Å². The molecule has 2 heterocycles. The molecule has 0 N–H and O–H groups in total. The van der Waals surface area contributed by atoms with Gasteiger partial charge in [0.2, 0.25) is 0 Å². The van der Waals surface area contributed by atoms with Gasteiger partial charge in [0.25, 0.3) is 0 Å². The third kappa shape index (κ3) is 2.33. The first-order valence-electron chi connectivity index (χ1n) is 5.25. The average molecular weight is 240 g/mol. The normalized spacial score (nSPS) is 17.5. The van der Waals surface area contributed by atoms with Crippen molar-refractivity contribution in [1.29, 1.82) is 0 Å². The molecule has 16 heavy (non-hydrogen) atoms. The molecule has 4 nitrogen and oxygen atoms in total. The molecule has 0 aliphatic carbocycles. The van der Waals surface area contributed by atoms with Gasteiger partial charge in [-0.3, -0.25) is 4.79 Å². The van der Waals surface area contributed by atoms with E-state index >= 15 is 0 Å². The third-order valence-electron chi connectivity index (χ3n) is 2.78. The Balaban J connectivity index is 2.17. The highest BCUT2D eigenvalue weighted by Crippen LogP contribution is 2.24. The molecule has 1 aliphatic rings. The molecule has 1 saturated heterocycles. The summed E-state index contributed by atoms with van der Waals surface area (Å²) < 4.78 is 0. The maximum Gasteiger partial charge on any atom is 0.151 e. The molecular formula is C11H14ClN3O. The number of carbonyl (C=O) groups excluding carboxylic acids is 1. The number of rotatable bonds is 2. The van der Waals surface area contributed by atoms with E-state index in [4.69, 9.17) is 11.6 Å². The van der Waals surface area contributed by atoms with Gasteiger partial charge in [0.1, 0.15) is 5.82 Å². The molecule has 0 spiro atoms. The van der Waals surface area contributed by atoms with Gasteiger partial charge in [0.05, 0.1) is 5.02 Å². The van der Waals surface area contributed by atoms with Crippen molar-refractivity contribution in [3.8, 4) is 0 Å². The van der Waals surface area contributed by atoms with E-state index in [0.29, 0.717) is 10.6 Å². The third-order valence-corrected chi connectivity index (χ3v) is 3.06. The largest absolute Gasteiger partial charge is 0.353 e. The molecule has 0 bridgehead atoms. The molecule has 1 aromatic heterocycles. The molecule has 86 valence electrons. The van der Waals surface area contributed by atoms with Gasteiger partial charge in [0, 0.05) is 37.9 Å². The summed E-state index contributed by atoms with van der Waals surface area (Å²) in [6.45, 7) is 3.86. The summed E-state index contributed by atoms with van der Waals surface area (Å²) in [5, 5.41) is 0.550. The molecule has 0 unspecified atom stereocenters. The zero-order valence-electron chi connectivity index (χ0n) is 9.19. The monoisotopic (exact) mass is 239 g/mol. The Kier molecular flexibility index (Phi) is 3.41. The van der Waals surface area contributed by atoms with E-state index in [1.165, 1.54) is 0 Å². The summed E-state index contributed by atoms with van der Waals surface area (Å²) in [4.78, 5) is 19.2. The molecule has 0 saturated carbocycles. The highest BCUT2D eigenvalue weighted by molar-refractivity contribution is 6.33. The van der Waals surface area contributed by atoms with Gasteiger partial charge in [-0.05, 0) is 13.1 Å². The minimum Gasteiger partial charge on any atom is -0.353 e. The topological polar surface area (TPSA) is 36.4 Å². The number of likely N-dealkylation sites (N-methyl/N-ethyl adjacent to an activating group) is 1. The molecule has 1 aliphatic heterocycles. The Morgan fingerprint density at radius 1 is 1.38 bits per heavy atom. The summed E-state index contributed by atoms with van der Waals surface area (Å²) in [5.41, 5.74) is 0.517. The van der Waals surface area contributed by atoms with Gasteiger partial charge in [-0.25, -0.2) is 4.98 Å². The molecular weight excluding hydrogens is 226 g/mol. The van der Waals surface area contributed by atoms with Gasteiger partial charge in [-0.15, -0.1) is 0 Å². The van der Waals surface area contributed by atoms with Crippen LogP contribution in [0.3, 0.4) is 0 Å². The van der Waals surface area contributed by atoms with Crippen molar-refractivity contribution in [2.45, 2.75) is 0 Å². The van der Waals surface area contributed by atoms with Gasteiger partial charge < -0.3 is 9.80 Å². The van der Waals surface area contributed by atoms with Crippen LogP contribution in [0.2, 0.25) is 5.02 Å². The lowest BCUT2D eigenvalue weighted by molar-refractivity contribution is 0.112. The summed E-state index contributed by atoms with van der Waals surface area (Å²) in [5.74, 6) is 0.778. The van der Waals surface area contributed by atoms with Crippen molar-refractivity contribution in [3.63, 3.8) is 0 Å². The SMILES string of the molecule is CN1CCN(c2ncc(C=O)cc2Cl)CC1. The predicted molar refractivity (Wildman–Crippen MR) is 64.3 cm³/mol. The van der Waals surface area contributed by atoms with E-state index in [-0.39, 0.29) is 0 Å². The van der Waals surface area contributed by atoms with E-state index < -0.39 is 0 Å². The number of hydrogen-bond acceptors (Lipinski definition) is 4. The zero-order chi connectivity index (χ0) is 11.5. The Morgan fingerprint density at radius 3 is 2.62 bits per heavy atom. The number of halogens is 1. The van der Waals surface area contributed by atoms with Crippen LogP contribution in [0.1, 0.15) is 10.4 Å². The molecule has 0 amide bonds. The van der Waals surface area contributed by atoms with Crippen LogP contribution >= 0.6 is 11.6 Å². The van der Waals surface area contributed by atoms with E-state index in [0.717, 1.165) is 38.3 Å². The number of piperazine rings is 1. The molecule has 2 rings (SSSR count). The second kappa shape index (κ2) is 4.80. The van der Waals surface area contributed by atoms with Gasteiger partial charge in [-0.2, -0.15) is 0 Å². The van der Waals surface area contributed by atoms with Crippen LogP contribution in [-0.2, 0) is 0 Å². The molecule has 0 aromatic carbocycles. The highest BCUT2D eigenvalue weighted by atomic mass is 35.5. The maximum absolute atomic E-state index is 10.6. The number of aromatic nitrogens is 1. The summed E-state index contributed by atoms with van der Waals surface area (Å²) in [6, 6.07) is 1.66. The van der Waals surface area contributed by atoms with Gasteiger partial charge in [0.15, 0.2) is 6.29 Å². The number of aldehydes is 1. The summed E-state index contributed by atoms with van der Waals surface area (Å²) >= 11 is 6.10. The van der Waals surface area contributed by atoms with E-state index in [9.17, 15) is 4.79 Å². The van der Waals surface area contributed by atoms with Crippen LogP contribution < -0.4 is 4.90 Å². The van der Waals surface area contributed by atoms with E-state index in [1.807, 2.05) is 0 Å². The standard InChI is InChI=1S/C11H14ClN3O/c1-14-2-4-15(5-3-14)11-10(12)6-9(8-16)7-13-11/h6-8H,2-5H2,1H3. The minimum absolute atomic E-state index is 0.517. The van der Waals surface area contributed by atoms with Crippen molar-refractivity contribution in [3.05, 3.63) is 22.8 Å². The van der Waals surface area contributed by atoms with Crippen molar-refractivity contribution < 1.29 is 4.79 Å². The van der Waals surface area contributed by atoms with E-state index in [2.05, 4.69) is 21.8 Å². The van der Waals surface area contributed by atoms with Crippen LogP contribution in [0.25, 0.3) is 0 Å². The minimum atomic E-state index is 0.517. The lowest BCUT2D eigenvalue weighted by Crippen LogP contribution is -2.44. The van der Waals surface area contributed by atoms with Gasteiger partial charge >= 0.3 is 0 Å². The highest BCUT2D eigenvalue weighted by Gasteiger charge is 2.17. The van der Waals surface area contributed by atoms with E-state index in [1.54, 1.807) is 12.3 Å². The molecule has 1 fully saturated rings. The molecule has 0 atom stereocenters. The molecule has 1 aromatic rings. The summed E-state index contributed by atoms with van der Waals surface area (Å²) in [7, 11) is 2.10. The van der Waals surface area contributed by atoms with Crippen LogP contribution in [0.4, 0.5) is 5.82 Å². The fourth-order valence-corrected chi connectivity index (χ4v) is 2.06. The van der Waals surface area contributed by atoms with Crippen molar-refractivity contribution >= 4 is 23.7 Å². The van der Waals surface area contributed by atoms with Crippen LogP contribution in [0.15, 0.2) is 12.3 Å². The number of anilines is 1. The Hall–Kier alpha value is -1.13. The maximum atomic E-state index is 10.6.